The Morgan fingerprint density at radius 2 is 1.09 bits per heavy atom. The van der Waals surface area contributed by atoms with Gasteiger partial charge >= 0.3 is 8.56 Å². The van der Waals surface area contributed by atoms with Crippen LogP contribution in [0.15, 0.2) is 60.7 Å². The Kier molecular flexibility index (Phi) is 13.6. The molecule has 1 atom stereocenters. The molecule has 0 saturated heterocycles. The van der Waals surface area contributed by atoms with Crippen LogP contribution in [-0.2, 0) is 8.85 Å². The summed E-state index contributed by atoms with van der Waals surface area (Å²) >= 11 is 0. The molecule has 0 aliphatic carbocycles. The third-order valence-electron chi connectivity index (χ3n) is 6.19. The second kappa shape index (κ2) is 16.2. The summed E-state index contributed by atoms with van der Waals surface area (Å²) in [6.45, 7) is 7.54. The molecular formula is C29H46O2Si. The number of benzene rings is 2. The first kappa shape index (κ1) is 26.8. The van der Waals surface area contributed by atoms with Gasteiger partial charge in [-0.05, 0) is 30.1 Å². The van der Waals surface area contributed by atoms with Crippen molar-refractivity contribution in [2.45, 2.75) is 104 Å². The maximum Gasteiger partial charge on any atom is 0.407 e. The van der Waals surface area contributed by atoms with E-state index in [1.807, 2.05) is 0 Å². The fraction of sp³-hybridized carbons (Fsp3) is 0.586. The van der Waals surface area contributed by atoms with Crippen molar-refractivity contribution in [3.63, 3.8) is 0 Å². The van der Waals surface area contributed by atoms with Crippen LogP contribution >= 0.6 is 0 Å². The average molecular weight is 455 g/mol. The average Bonchev–Trinajstić information content (AvgIpc) is 2.84. The van der Waals surface area contributed by atoms with Crippen LogP contribution in [0, 0.1) is 0 Å². The van der Waals surface area contributed by atoms with Gasteiger partial charge in [-0.25, -0.2) is 0 Å². The molecule has 0 aliphatic heterocycles. The Labute approximate surface area is 199 Å². The third-order valence-corrected chi connectivity index (χ3v) is 9.72. The molecule has 0 radical (unpaired) electrons. The number of unbranched alkanes of at least 4 members (excludes halogenated alkanes) is 9. The maximum absolute atomic E-state index is 6.98. The minimum absolute atomic E-state index is 0.188. The first-order valence-electron chi connectivity index (χ1n) is 13.2. The van der Waals surface area contributed by atoms with Crippen molar-refractivity contribution >= 4 is 18.9 Å². The molecule has 178 valence electrons. The van der Waals surface area contributed by atoms with Crippen LogP contribution < -0.4 is 10.4 Å². The highest BCUT2D eigenvalue weighted by atomic mass is 28.4. The molecule has 0 bridgehead atoms. The molecule has 0 heterocycles. The van der Waals surface area contributed by atoms with E-state index in [1.54, 1.807) is 0 Å². The molecule has 2 aromatic carbocycles. The standard InChI is InChI=1S/C29H46O2Si/c1-4-6-8-10-11-15-21-27(3)31-32(28-22-16-13-17-23-28,29-24-18-14-19-25-29)30-26-20-12-9-7-5-2/h13-14,16-19,22-25,27H,4-12,15,20-21,26H2,1-3H3. The van der Waals surface area contributed by atoms with Crippen LogP contribution in [0.4, 0.5) is 0 Å². The molecule has 1 unspecified atom stereocenters. The molecule has 0 spiro atoms. The second-order valence-corrected chi connectivity index (χ2v) is 12.0. The summed E-state index contributed by atoms with van der Waals surface area (Å²) < 4.78 is 13.8. The molecule has 32 heavy (non-hydrogen) atoms. The van der Waals surface area contributed by atoms with Gasteiger partial charge in [-0.2, -0.15) is 0 Å². The van der Waals surface area contributed by atoms with E-state index < -0.39 is 8.56 Å². The molecule has 2 aromatic rings. The zero-order valence-electron chi connectivity index (χ0n) is 20.9. The highest BCUT2D eigenvalue weighted by molar-refractivity contribution is 6.92. The molecule has 3 heteroatoms. The highest BCUT2D eigenvalue weighted by Gasteiger charge is 2.43. The summed E-state index contributed by atoms with van der Waals surface area (Å²) in [5.74, 6) is 0. The molecule has 0 saturated carbocycles. The van der Waals surface area contributed by atoms with Crippen LogP contribution in [0.3, 0.4) is 0 Å². The van der Waals surface area contributed by atoms with Crippen molar-refractivity contribution in [3.8, 4) is 0 Å². The van der Waals surface area contributed by atoms with Crippen molar-refractivity contribution in [1.29, 1.82) is 0 Å². The predicted molar refractivity (Wildman–Crippen MR) is 141 cm³/mol. The van der Waals surface area contributed by atoms with Gasteiger partial charge in [0.15, 0.2) is 0 Å². The van der Waals surface area contributed by atoms with Gasteiger partial charge in [0, 0.05) is 12.7 Å². The third kappa shape index (κ3) is 9.21. The van der Waals surface area contributed by atoms with Crippen molar-refractivity contribution < 1.29 is 8.85 Å². The summed E-state index contributed by atoms with van der Waals surface area (Å²) in [6.07, 6.45) is 15.4. The van der Waals surface area contributed by atoms with E-state index in [1.165, 1.54) is 74.6 Å². The number of hydrogen-bond donors (Lipinski definition) is 0. The summed E-state index contributed by atoms with van der Waals surface area (Å²) in [5.41, 5.74) is 0. The first-order valence-corrected chi connectivity index (χ1v) is 15.0. The predicted octanol–water partition coefficient (Wildman–Crippen LogP) is 7.39. The van der Waals surface area contributed by atoms with E-state index in [0.717, 1.165) is 19.4 Å². The van der Waals surface area contributed by atoms with E-state index in [0.29, 0.717) is 0 Å². The Hall–Kier alpha value is -1.42. The number of rotatable bonds is 18. The van der Waals surface area contributed by atoms with Crippen LogP contribution in [0.2, 0.25) is 0 Å². The van der Waals surface area contributed by atoms with E-state index in [2.05, 4.69) is 81.4 Å². The lowest BCUT2D eigenvalue weighted by atomic mass is 10.1. The fourth-order valence-corrected chi connectivity index (χ4v) is 7.68. The monoisotopic (exact) mass is 454 g/mol. The van der Waals surface area contributed by atoms with Crippen molar-refractivity contribution in [1.82, 2.24) is 0 Å². The molecule has 0 amide bonds. The Bertz CT molecular complexity index is 649. The lowest BCUT2D eigenvalue weighted by Crippen LogP contribution is -2.64. The Morgan fingerprint density at radius 1 is 0.625 bits per heavy atom. The van der Waals surface area contributed by atoms with Crippen LogP contribution in [0.5, 0.6) is 0 Å². The lowest BCUT2D eigenvalue weighted by Gasteiger charge is -2.34. The summed E-state index contributed by atoms with van der Waals surface area (Å²) in [6, 6.07) is 21.4. The van der Waals surface area contributed by atoms with Crippen molar-refractivity contribution in [3.05, 3.63) is 60.7 Å². The topological polar surface area (TPSA) is 18.5 Å². The summed E-state index contributed by atoms with van der Waals surface area (Å²) in [5, 5.41) is 2.43. The largest absolute Gasteiger partial charge is 0.407 e. The smallest absolute Gasteiger partial charge is 0.388 e. The van der Waals surface area contributed by atoms with Crippen LogP contribution in [0.1, 0.15) is 97.8 Å². The molecule has 0 fully saturated rings. The zero-order valence-corrected chi connectivity index (χ0v) is 21.9. The SMILES string of the molecule is CCCCCCCCC(C)O[Si](OCCCCCCC)(c1ccccc1)c1ccccc1. The Morgan fingerprint density at radius 3 is 1.62 bits per heavy atom. The quantitative estimate of drug-likeness (QED) is 0.173. The van der Waals surface area contributed by atoms with Gasteiger partial charge in [-0.1, -0.05) is 139 Å². The normalized spacial score (nSPS) is 12.7. The minimum Gasteiger partial charge on any atom is -0.388 e. The van der Waals surface area contributed by atoms with E-state index in [-0.39, 0.29) is 6.10 Å². The molecule has 2 rings (SSSR count). The van der Waals surface area contributed by atoms with Gasteiger partial charge in [0.2, 0.25) is 0 Å². The van der Waals surface area contributed by atoms with E-state index >= 15 is 0 Å². The zero-order chi connectivity index (χ0) is 22.9. The molecule has 2 nitrogen and oxygen atoms in total. The summed E-state index contributed by atoms with van der Waals surface area (Å²) in [4.78, 5) is 0. The number of hydrogen-bond acceptors (Lipinski definition) is 2. The second-order valence-electron chi connectivity index (χ2n) is 9.10. The van der Waals surface area contributed by atoms with Gasteiger partial charge in [0.05, 0.1) is 0 Å². The van der Waals surface area contributed by atoms with Gasteiger partial charge in [0.25, 0.3) is 0 Å². The van der Waals surface area contributed by atoms with Gasteiger partial charge in [-0.15, -0.1) is 0 Å². The van der Waals surface area contributed by atoms with Crippen molar-refractivity contribution in [2.24, 2.45) is 0 Å². The maximum atomic E-state index is 6.98. The van der Waals surface area contributed by atoms with E-state index in [9.17, 15) is 0 Å². The minimum atomic E-state index is -2.76. The fourth-order valence-electron chi connectivity index (χ4n) is 4.29. The van der Waals surface area contributed by atoms with Gasteiger partial charge < -0.3 is 8.85 Å². The van der Waals surface area contributed by atoms with Crippen molar-refractivity contribution in [2.75, 3.05) is 6.61 Å². The van der Waals surface area contributed by atoms with Gasteiger partial charge in [0.1, 0.15) is 0 Å². The lowest BCUT2D eigenvalue weighted by molar-refractivity contribution is 0.132. The summed E-state index contributed by atoms with van der Waals surface area (Å²) in [7, 11) is -2.76. The molecule has 0 N–H and O–H groups in total. The molecular weight excluding hydrogens is 408 g/mol. The van der Waals surface area contributed by atoms with E-state index in [4.69, 9.17) is 8.85 Å². The van der Waals surface area contributed by atoms with Crippen LogP contribution in [-0.4, -0.2) is 21.3 Å². The van der Waals surface area contributed by atoms with Crippen LogP contribution in [0.25, 0.3) is 0 Å². The highest BCUT2D eigenvalue weighted by Crippen LogP contribution is 2.18. The first-order chi connectivity index (χ1) is 15.7. The van der Waals surface area contributed by atoms with Gasteiger partial charge in [-0.3, -0.25) is 0 Å². The Balaban J connectivity index is 2.12. The molecule has 0 aromatic heterocycles. The molecule has 0 aliphatic rings.